The Morgan fingerprint density at radius 2 is 2.25 bits per heavy atom. The Bertz CT molecular complexity index is 491. The third-order valence-electron chi connectivity index (χ3n) is 1.89. The first kappa shape index (κ1) is 12.6. The average molecular weight is 244 g/mol. The van der Waals surface area contributed by atoms with Crippen LogP contribution in [-0.2, 0) is 11.3 Å². The van der Waals surface area contributed by atoms with E-state index >= 15 is 0 Å². The molecule has 88 valence electrons. The molecule has 0 aliphatic carbocycles. The molecule has 0 atom stereocenters. The summed E-state index contributed by atoms with van der Waals surface area (Å²) in [7, 11) is 0. The minimum Gasteiger partial charge on any atom is -0.481 e. The molecule has 1 heterocycles. The Labute approximate surface area is 95.3 Å². The number of H-pyrrole nitrogens is 1. The Balaban J connectivity index is 2.61. The van der Waals surface area contributed by atoms with Crippen LogP contribution in [0.15, 0.2) is 15.8 Å². The third kappa shape index (κ3) is 3.58. The SMILES string of the molecule is Cc1cn(CCSCC(=O)O)c(=O)[nH]c1=O. The standard InChI is InChI=1S/C9H12N2O4S/c1-6-4-11(9(15)10-8(6)14)2-3-16-5-7(12)13/h4H,2-3,5H2,1H3,(H,12,13)(H,10,14,15). The maximum absolute atomic E-state index is 11.3. The molecule has 0 saturated heterocycles. The number of rotatable bonds is 5. The summed E-state index contributed by atoms with van der Waals surface area (Å²) in [6.07, 6.45) is 1.47. The quantitative estimate of drug-likeness (QED) is 0.691. The largest absolute Gasteiger partial charge is 0.481 e. The van der Waals surface area contributed by atoms with Gasteiger partial charge in [0.2, 0.25) is 0 Å². The number of aliphatic carboxylic acids is 1. The van der Waals surface area contributed by atoms with Crippen LogP contribution in [0, 0.1) is 6.92 Å². The number of hydrogen-bond acceptors (Lipinski definition) is 4. The van der Waals surface area contributed by atoms with Crippen LogP contribution in [0.25, 0.3) is 0 Å². The van der Waals surface area contributed by atoms with Gasteiger partial charge in [-0.15, -0.1) is 11.8 Å². The molecule has 0 fully saturated rings. The van der Waals surface area contributed by atoms with E-state index in [4.69, 9.17) is 5.11 Å². The van der Waals surface area contributed by atoms with Gasteiger partial charge in [0.05, 0.1) is 5.75 Å². The Morgan fingerprint density at radius 3 is 2.88 bits per heavy atom. The van der Waals surface area contributed by atoms with Crippen LogP contribution in [0.1, 0.15) is 5.56 Å². The van der Waals surface area contributed by atoms with Crippen LogP contribution >= 0.6 is 11.8 Å². The van der Waals surface area contributed by atoms with E-state index < -0.39 is 11.7 Å². The number of carboxylic acid groups (broad SMARTS) is 1. The summed E-state index contributed by atoms with van der Waals surface area (Å²) < 4.78 is 1.37. The van der Waals surface area contributed by atoms with E-state index in [0.29, 0.717) is 17.9 Å². The highest BCUT2D eigenvalue weighted by Gasteiger charge is 2.01. The Morgan fingerprint density at radius 1 is 1.56 bits per heavy atom. The summed E-state index contributed by atoms with van der Waals surface area (Å²) in [5.41, 5.74) is -0.395. The summed E-state index contributed by atoms with van der Waals surface area (Å²) >= 11 is 1.22. The second-order valence-electron chi connectivity index (χ2n) is 3.21. The number of nitrogens with one attached hydrogen (secondary N) is 1. The van der Waals surface area contributed by atoms with Crippen molar-refractivity contribution in [1.29, 1.82) is 0 Å². The molecular weight excluding hydrogens is 232 g/mol. The van der Waals surface area contributed by atoms with Crippen LogP contribution in [0.2, 0.25) is 0 Å². The van der Waals surface area contributed by atoms with E-state index in [2.05, 4.69) is 4.98 Å². The molecule has 0 radical (unpaired) electrons. The molecule has 1 aromatic rings. The molecule has 6 nitrogen and oxygen atoms in total. The van der Waals surface area contributed by atoms with Gasteiger partial charge in [-0.1, -0.05) is 0 Å². The zero-order valence-electron chi connectivity index (χ0n) is 8.73. The van der Waals surface area contributed by atoms with Gasteiger partial charge in [-0.2, -0.15) is 0 Å². The van der Waals surface area contributed by atoms with Gasteiger partial charge in [0.15, 0.2) is 0 Å². The van der Waals surface area contributed by atoms with Gasteiger partial charge < -0.3 is 5.11 Å². The van der Waals surface area contributed by atoms with Gasteiger partial charge in [-0.25, -0.2) is 4.79 Å². The summed E-state index contributed by atoms with van der Waals surface area (Å²) in [5, 5.41) is 8.41. The van der Waals surface area contributed by atoms with E-state index in [9.17, 15) is 14.4 Å². The maximum Gasteiger partial charge on any atom is 0.328 e. The monoisotopic (exact) mass is 244 g/mol. The fourth-order valence-corrected chi connectivity index (χ4v) is 1.75. The van der Waals surface area contributed by atoms with Gasteiger partial charge >= 0.3 is 11.7 Å². The number of nitrogens with zero attached hydrogens (tertiary/aromatic N) is 1. The van der Waals surface area contributed by atoms with Crippen molar-refractivity contribution in [1.82, 2.24) is 9.55 Å². The number of thioether (sulfide) groups is 1. The van der Waals surface area contributed by atoms with Crippen molar-refractivity contribution in [3.8, 4) is 0 Å². The Hall–Kier alpha value is -1.50. The normalized spacial score (nSPS) is 10.3. The highest BCUT2D eigenvalue weighted by atomic mass is 32.2. The molecule has 16 heavy (non-hydrogen) atoms. The lowest BCUT2D eigenvalue weighted by Gasteiger charge is -2.04. The first-order valence-corrected chi connectivity index (χ1v) is 5.76. The molecule has 2 N–H and O–H groups in total. The molecule has 0 aliphatic heterocycles. The van der Waals surface area contributed by atoms with E-state index in [-0.39, 0.29) is 11.3 Å². The molecule has 0 amide bonds. The average Bonchev–Trinajstić information content (AvgIpc) is 2.19. The number of aryl methyl sites for hydroxylation is 2. The molecule has 0 spiro atoms. The van der Waals surface area contributed by atoms with Gasteiger partial charge in [0.1, 0.15) is 0 Å². The van der Waals surface area contributed by atoms with Crippen LogP contribution in [-0.4, -0.2) is 32.1 Å². The van der Waals surface area contributed by atoms with Crippen molar-refractivity contribution < 1.29 is 9.90 Å². The van der Waals surface area contributed by atoms with Crippen LogP contribution in [0.4, 0.5) is 0 Å². The van der Waals surface area contributed by atoms with Gasteiger partial charge in [0.25, 0.3) is 5.56 Å². The topological polar surface area (TPSA) is 92.2 Å². The summed E-state index contributed by atoms with van der Waals surface area (Å²) in [6, 6.07) is 0. The summed E-state index contributed by atoms with van der Waals surface area (Å²) in [6.45, 7) is 1.99. The highest BCUT2D eigenvalue weighted by molar-refractivity contribution is 7.99. The van der Waals surface area contributed by atoms with Crippen LogP contribution < -0.4 is 11.2 Å². The fourth-order valence-electron chi connectivity index (χ4n) is 1.11. The van der Waals surface area contributed by atoms with E-state index in [0.717, 1.165) is 0 Å². The van der Waals surface area contributed by atoms with Crippen molar-refractivity contribution in [2.45, 2.75) is 13.5 Å². The number of carboxylic acids is 1. The zero-order valence-corrected chi connectivity index (χ0v) is 9.54. The van der Waals surface area contributed by atoms with E-state index in [1.807, 2.05) is 0 Å². The van der Waals surface area contributed by atoms with Gasteiger partial charge in [-0.3, -0.25) is 19.1 Å². The van der Waals surface area contributed by atoms with Gasteiger partial charge in [-0.05, 0) is 6.92 Å². The number of aromatic amines is 1. The summed E-state index contributed by atoms with van der Waals surface area (Å²) in [5.74, 6) is -0.357. The first-order chi connectivity index (χ1) is 7.50. The second-order valence-corrected chi connectivity index (χ2v) is 4.32. The molecule has 0 aliphatic rings. The number of hydrogen-bond donors (Lipinski definition) is 2. The van der Waals surface area contributed by atoms with Crippen LogP contribution in [0.5, 0.6) is 0 Å². The summed E-state index contributed by atoms with van der Waals surface area (Å²) in [4.78, 5) is 34.8. The second kappa shape index (κ2) is 5.55. The molecule has 1 rings (SSSR count). The lowest BCUT2D eigenvalue weighted by atomic mass is 10.4. The molecule has 0 aromatic carbocycles. The highest BCUT2D eigenvalue weighted by Crippen LogP contribution is 1.99. The van der Waals surface area contributed by atoms with E-state index in [1.54, 1.807) is 6.92 Å². The lowest BCUT2D eigenvalue weighted by Crippen LogP contribution is -2.31. The minimum atomic E-state index is -0.880. The van der Waals surface area contributed by atoms with Crippen molar-refractivity contribution in [3.63, 3.8) is 0 Å². The first-order valence-electron chi connectivity index (χ1n) is 4.60. The molecule has 0 bridgehead atoms. The van der Waals surface area contributed by atoms with Crippen molar-refractivity contribution in [2.75, 3.05) is 11.5 Å². The number of aromatic nitrogens is 2. The molecular formula is C9H12N2O4S. The minimum absolute atomic E-state index is 0.0110. The van der Waals surface area contributed by atoms with Crippen molar-refractivity contribution in [3.05, 3.63) is 32.6 Å². The number of carbonyl (C=O) groups is 1. The van der Waals surface area contributed by atoms with Gasteiger partial charge in [0, 0.05) is 24.1 Å². The molecule has 0 saturated carbocycles. The van der Waals surface area contributed by atoms with Crippen molar-refractivity contribution >= 4 is 17.7 Å². The maximum atomic E-state index is 11.3. The Kier molecular flexibility index (Phi) is 4.36. The lowest BCUT2D eigenvalue weighted by molar-refractivity contribution is -0.133. The molecule has 0 unspecified atom stereocenters. The smallest absolute Gasteiger partial charge is 0.328 e. The molecule has 1 aromatic heterocycles. The van der Waals surface area contributed by atoms with Crippen LogP contribution in [0.3, 0.4) is 0 Å². The van der Waals surface area contributed by atoms with E-state index in [1.165, 1.54) is 22.5 Å². The predicted octanol–water partition coefficient (Wildman–Crippen LogP) is -0.337. The fraction of sp³-hybridized carbons (Fsp3) is 0.444. The third-order valence-corrected chi connectivity index (χ3v) is 2.81. The molecule has 7 heteroatoms. The zero-order chi connectivity index (χ0) is 12.1. The predicted molar refractivity (Wildman–Crippen MR) is 61.0 cm³/mol. The van der Waals surface area contributed by atoms with Crippen molar-refractivity contribution in [2.24, 2.45) is 0 Å².